The second-order valence-electron chi connectivity index (χ2n) is 3.65. The Morgan fingerprint density at radius 3 is 3.00 bits per heavy atom. The quantitative estimate of drug-likeness (QED) is 0.765. The molecule has 0 unspecified atom stereocenters. The minimum Gasteiger partial charge on any atom is -0.493 e. The maximum Gasteiger partial charge on any atom is 0.164 e. The molecule has 0 saturated carbocycles. The molecule has 4 heteroatoms. The van der Waals surface area contributed by atoms with Crippen LogP contribution in [0.5, 0.6) is 11.5 Å². The summed E-state index contributed by atoms with van der Waals surface area (Å²) in [6.07, 6.45) is 0.885. The zero-order valence-electron chi connectivity index (χ0n) is 8.99. The molecule has 0 radical (unpaired) electrons. The first-order valence-corrected chi connectivity index (χ1v) is 4.94. The molecule has 0 atom stereocenters. The summed E-state index contributed by atoms with van der Waals surface area (Å²) in [4.78, 5) is 0. The van der Waals surface area contributed by atoms with Crippen molar-refractivity contribution >= 4 is 0 Å². The third-order valence-corrected chi connectivity index (χ3v) is 2.54. The van der Waals surface area contributed by atoms with Gasteiger partial charge in [-0.05, 0) is 11.6 Å². The number of hydroxylamine groups is 2. The molecule has 1 aromatic carbocycles. The number of hydrogen-bond acceptors (Lipinski definition) is 4. The van der Waals surface area contributed by atoms with Crippen molar-refractivity contribution in [1.82, 2.24) is 5.06 Å². The first-order valence-electron chi connectivity index (χ1n) is 4.94. The number of rotatable bonds is 3. The lowest BCUT2D eigenvalue weighted by Crippen LogP contribution is -2.12. The Morgan fingerprint density at radius 1 is 1.53 bits per heavy atom. The summed E-state index contributed by atoms with van der Waals surface area (Å²) in [6, 6.07) is 3.85. The lowest BCUT2D eigenvalue weighted by molar-refractivity contribution is -0.0733. The fourth-order valence-corrected chi connectivity index (χ4v) is 1.89. The van der Waals surface area contributed by atoms with Crippen LogP contribution in [-0.2, 0) is 13.0 Å². The van der Waals surface area contributed by atoms with Crippen LogP contribution in [0.25, 0.3) is 0 Å². The van der Waals surface area contributed by atoms with Crippen molar-refractivity contribution in [3.05, 3.63) is 23.3 Å². The van der Waals surface area contributed by atoms with E-state index >= 15 is 0 Å². The maximum absolute atomic E-state index is 9.22. The third kappa shape index (κ3) is 1.91. The van der Waals surface area contributed by atoms with Crippen molar-refractivity contribution in [2.75, 3.05) is 20.8 Å². The van der Waals surface area contributed by atoms with Gasteiger partial charge in [0.05, 0.1) is 13.7 Å². The molecule has 2 rings (SSSR count). The second kappa shape index (κ2) is 4.08. The van der Waals surface area contributed by atoms with E-state index in [1.807, 2.05) is 12.1 Å². The van der Waals surface area contributed by atoms with E-state index < -0.39 is 0 Å². The lowest BCUT2D eigenvalue weighted by atomic mass is 10.0. The molecule has 1 heterocycles. The van der Waals surface area contributed by atoms with Gasteiger partial charge in [-0.1, -0.05) is 6.07 Å². The Morgan fingerprint density at radius 2 is 2.33 bits per heavy atom. The number of fused-ring (bicyclic) bond motifs is 1. The third-order valence-electron chi connectivity index (χ3n) is 2.54. The summed E-state index contributed by atoms with van der Waals surface area (Å²) in [7, 11) is 3.27. The maximum atomic E-state index is 9.22. The predicted octanol–water partition coefficient (Wildman–Crippen LogP) is 1.45. The van der Waals surface area contributed by atoms with Crippen LogP contribution in [0, 0.1) is 0 Å². The number of nitrogens with zero attached hydrogens (tertiary/aromatic N) is 1. The number of methoxy groups -OCH3 is 1. The van der Waals surface area contributed by atoms with Crippen LogP contribution >= 0.6 is 0 Å². The normalized spacial score (nSPS) is 13.9. The summed E-state index contributed by atoms with van der Waals surface area (Å²) in [6.45, 7) is 1.20. The molecule has 1 aliphatic heterocycles. The highest BCUT2D eigenvalue weighted by Crippen LogP contribution is 2.37. The molecule has 0 saturated heterocycles. The fraction of sp³-hybridized carbons (Fsp3) is 0.455. The molecule has 0 spiro atoms. The van der Waals surface area contributed by atoms with E-state index in [0.29, 0.717) is 13.2 Å². The number of hydrogen-bond donors (Lipinski definition) is 1. The minimum atomic E-state index is 0.510. The van der Waals surface area contributed by atoms with E-state index in [2.05, 4.69) is 0 Å². The van der Waals surface area contributed by atoms with Crippen LogP contribution in [0.4, 0.5) is 0 Å². The molecule has 0 aromatic heterocycles. The molecule has 4 nitrogen and oxygen atoms in total. The first-order chi connectivity index (χ1) is 7.22. The largest absolute Gasteiger partial charge is 0.493 e. The Labute approximate surface area is 89.0 Å². The van der Waals surface area contributed by atoms with E-state index in [1.54, 1.807) is 14.2 Å². The van der Waals surface area contributed by atoms with Crippen molar-refractivity contribution < 1.29 is 14.7 Å². The highest BCUT2D eigenvalue weighted by atomic mass is 16.5. The molecule has 0 aliphatic carbocycles. The van der Waals surface area contributed by atoms with E-state index in [4.69, 9.17) is 9.47 Å². The Balaban J connectivity index is 2.38. The molecule has 0 fully saturated rings. The average Bonchev–Trinajstić information content (AvgIpc) is 2.66. The first kappa shape index (κ1) is 10.3. The molecule has 1 aliphatic rings. The smallest absolute Gasteiger partial charge is 0.164 e. The van der Waals surface area contributed by atoms with Crippen LogP contribution in [0.2, 0.25) is 0 Å². The molecule has 1 aromatic rings. The van der Waals surface area contributed by atoms with Gasteiger partial charge in [0.15, 0.2) is 11.5 Å². The molecule has 15 heavy (non-hydrogen) atoms. The number of ether oxygens (including phenoxy) is 2. The molecular formula is C11H15NO3. The summed E-state index contributed by atoms with van der Waals surface area (Å²) < 4.78 is 10.7. The molecule has 0 amide bonds. The van der Waals surface area contributed by atoms with Crippen LogP contribution in [-0.4, -0.2) is 31.0 Å². The van der Waals surface area contributed by atoms with Gasteiger partial charge in [-0.15, -0.1) is 0 Å². The van der Waals surface area contributed by atoms with Gasteiger partial charge in [-0.25, -0.2) is 0 Å². The standard InChI is InChI=1S/C11H15NO3/c1-12(13)7-8-3-4-10(14-2)11-9(8)5-6-15-11/h3-4,13H,5-7H2,1-2H3. The summed E-state index contributed by atoms with van der Waals surface area (Å²) >= 11 is 0. The van der Waals surface area contributed by atoms with E-state index in [0.717, 1.165) is 29.0 Å². The minimum absolute atomic E-state index is 0.510. The van der Waals surface area contributed by atoms with Gasteiger partial charge in [0.25, 0.3) is 0 Å². The van der Waals surface area contributed by atoms with Crippen molar-refractivity contribution in [2.24, 2.45) is 0 Å². The van der Waals surface area contributed by atoms with E-state index in [-0.39, 0.29) is 0 Å². The highest BCUT2D eigenvalue weighted by Gasteiger charge is 2.20. The Bertz CT molecular complexity index is 363. The van der Waals surface area contributed by atoms with E-state index in [9.17, 15) is 5.21 Å². The molecular weight excluding hydrogens is 194 g/mol. The second-order valence-corrected chi connectivity index (χ2v) is 3.65. The van der Waals surface area contributed by atoms with Gasteiger partial charge in [-0.2, -0.15) is 5.06 Å². The van der Waals surface area contributed by atoms with Gasteiger partial charge in [0.1, 0.15) is 0 Å². The van der Waals surface area contributed by atoms with Crippen LogP contribution in [0.1, 0.15) is 11.1 Å². The van der Waals surface area contributed by atoms with Crippen molar-refractivity contribution in [1.29, 1.82) is 0 Å². The summed E-state index contributed by atoms with van der Waals surface area (Å²) in [5, 5.41) is 10.4. The average molecular weight is 209 g/mol. The topological polar surface area (TPSA) is 41.9 Å². The van der Waals surface area contributed by atoms with Crippen LogP contribution in [0.15, 0.2) is 12.1 Å². The molecule has 82 valence electrons. The van der Waals surface area contributed by atoms with Crippen molar-refractivity contribution in [3.63, 3.8) is 0 Å². The zero-order chi connectivity index (χ0) is 10.8. The summed E-state index contributed by atoms with van der Waals surface area (Å²) in [5.74, 6) is 1.60. The van der Waals surface area contributed by atoms with Gasteiger partial charge < -0.3 is 14.7 Å². The van der Waals surface area contributed by atoms with Gasteiger partial charge in [-0.3, -0.25) is 0 Å². The fourth-order valence-electron chi connectivity index (χ4n) is 1.89. The zero-order valence-corrected chi connectivity index (χ0v) is 8.99. The van der Waals surface area contributed by atoms with Crippen LogP contribution < -0.4 is 9.47 Å². The van der Waals surface area contributed by atoms with Crippen molar-refractivity contribution in [2.45, 2.75) is 13.0 Å². The Hall–Kier alpha value is -1.26. The van der Waals surface area contributed by atoms with E-state index in [1.165, 1.54) is 5.06 Å². The predicted molar refractivity (Wildman–Crippen MR) is 55.4 cm³/mol. The van der Waals surface area contributed by atoms with Crippen molar-refractivity contribution in [3.8, 4) is 11.5 Å². The molecule has 1 N–H and O–H groups in total. The SMILES string of the molecule is COc1ccc(CN(C)O)c2c1OCC2. The monoisotopic (exact) mass is 209 g/mol. The molecule has 0 bridgehead atoms. The van der Waals surface area contributed by atoms with Crippen LogP contribution in [0.3, 0.4) is 0 Å². The van der Waals surface area contributed by atoms with Gasteiger partial charge >= 0.3 is 0 Å². The van der Waals surface area contributed by atoms with Gasteiger partial charge in [0.2, 0.25) is 0 Å². The van der Waals surface area contributed by atoms with Gasteiger partial charge in [0, 0.05) is 25.6 Å². The highest BCUT2D eigenvalue weighted by molar-refractivity contribution is 5.52. The lowest BCUT2D eigenvalue weighted by Gasteiger charge is -2.13. The number of benzene rings is 1. The Kier molecular flexibility index (Phi) is 2.79. The summed E-state index contributed by atoms with van der Waals surface area (Å²) in [5.41, 5.74) is 2.24.